The Morgan fingerprint density at radius 1 is 1.37 bits per heavy atom. The smallest absolute Gasteiger partial charge is 0.356 e. The molecule has 1 aliphatic rings. The Labute approximate surface area is 177 Å². The standard InChI is InChI=1S/C22H32N4O4/c1-6-14(4)21(27)25-18-17-10-15(24-13(2)3)11-23-20(17)26(19(18)22(28)29-5)12-16-8-7-9-30-16/h10-11,13-14,16,24H,6-9,12H2,1-5H3,(H,25,27)/t14-,16+/m0/s1. The molecular formula is C22H32N4O4. The Bertz CT molecular complexity index is 915. The van der Waals surface area contributed by atoms with Crippen LogP contribution in [0.4, 0.5) is 11.4 Å². The van der Waals surface area contributed by atoms with Crippen molar-refractivity contribution in [3.63, 3.8) is 0 Å². The first-order valence-electron chi connectivity index (χ1n) is 10.6. The summed E-state index contributed by atoms with van der Waals surface area (Å²) < 4.78 is 12.7. The topological polar surface area (TPSA) is 94.5 Å². The molecule has 2 aromatic heterocycles. The summed E-state index contributed by atoms with van der Waals surface area (Å²) in [5.74, 6) is -0.832. The van der Waals surface area contributed by atoms with Crippen molar-refractivity contribution in [3.8, 4) is 0 Å². The van der Waals surface area contributed by atoms with Crippen molar-refractivity contribution in [1.29, 1.82) is 0 Å². The minimum Gasteiger partial charge on any atom is -0.464 e. The van der Waals surface area contributed by atoms with Crippen LogP contribution in [0.2, 0.25) is 0 Å². The lowest BCUT2D eigenvalue weighted by atomic mass is 10.1. The van der Waals surface area contributed by atoms with Gasteiger partial charge < -0.3 is 24.7 Å². The van der Waals surface area contributed by atoms with Crippen LogP contribution in [0, 0.1) is 5.92 Å². The highest BCUT2D eigenvalue weighted by atomic mass is 16.5. The van der Waals surface area contributed by atoms with Gasteiger partial charge in [-0.25, -0.2) is 9.78 Å². The Balaban J connectivity index is 2.17. The number of anilines is 2. The fourth-order valence-electron chi connectivity index (χ4n) is 3.67. The summed E-state index contributed by atoms with van der Waals surface area (Å²) in [7, 11) is 1.34. The Morgan fingerprint density at radius 3 is 2.73 bits per heavy atom. The number of ether oxygens (including phenoxy) is 2. The molecule has 0 radical (unpaired) electrons. The van der Waals surface area contributed by atoms with E-state index in [1.807, 2.05) is 38.3 Å². The summed E-state index contributed by atoms with van der Waals surface area (Å²) in [4.78, 5) is 30.2. The van der Waals surface area contributed by atoms with Crippen LogP contribution in [-0.4, -0.2) is 47.3 Å². The second kappa shape index (κ2) is 9.47. The molecule has 3 heterocycles. The maximum absolute atomic E-state index is 12.8. The summed E-state index contributed by atoms with van der Waals surface area (Å²) in [5.41, 5.74) is 2.19. The monoisotopic (exact) mass is 416 g/mol. The van der Waals surface area contributed by atoms with Gasteiger partial charge in [-0.1, -0.05) is 13.8 Å². The molecule has 1 saturated heterocycles. The van der Waals surface area contributed by atoms with Crippen molar-refractivity contribution >= 4 is 34.3 Å². The Morgan fingerprint density at radius 2 is 2.13 bits per heavy atom. The third-order valence-electron chi connectivity index (χ3n) is 5.45. The van der Waals surface area contributed by atoms with Gasteiger partial charge in [-0.15, -0.1) is 0 Å². The molecule has 30 heavy (non-hydrogen) atoms. The van der Waals surface area contributed by atoms with Crippen LogP contribution in [0.25, 0.3) is 11.0 Å². The second-order valence-corrected chi connectivity index (χ2v) is 8.15. The molecule has 8 heteroatoms. The summed E-state index contributed by atoms with van der Waals surface area (Å²) >= 11 is 0. The summed E-state index contributed by atoms with van der Waals surface area (Å²) in [5, 5.41) is 7.01. The first-order chi connectivity index (χ1) is 14.3. The molecule has 2 N–H and O–H groups in total. The van der Waals surface area contributed by atoms with Gasteiger partial charge >= 0.3 is 5.97 Å². The maximum atomic E-state index is 12.8. The average Bonchev–Trinajstić information content (AvgIpc) is 3.33. The van der Waals surface area contributed by atoms with Crippen LogP contribution < -0.4 is 10.6 Å². The van der Waals surface area contributed by atoms with Crippen molar-refractivity contribution in [3.05, 3.63) is 18.0 Å². The molecule has 0 aliphatic carbocycles. The fourth-order valence-corrected chi connectivity index (χ4v) is 3.67. The average molecular weight is 417 g/mol. The first kappa shape index (κ1) is 22.1. The van der Waals surface area contributed by atoms with Gasteiger partial charge in [0.2, 0.25) is 5.91 Å². The van der Waals surface area contributed by atoms with E-state index in [4.69, 9.17) is 9.47 Å². The van der Waals surface area contributed by atoms with Crippen LogP contribution in [0.5, 0.6) is 0 Å². The SMILES string of the molecule is CC[C@H](C)C(=O)Nc1c(C(=O)OC)n(C[C@H]2CCCO2)c2ncc(NC(C)C)cc12. The van der Waals surface area contributed by atoms with Gasteiger partial charge in [-0.3, -0.25) is 4.79 Å². The Hall–Kier alpha value is -2.61. The Kier molecular flexibility index (Phi) is 6.97. The fraction of sp³-hybridized carbons (Fsp3) is 0.591. The molecule has 2 aromatic rings. The molecule has 0 aromatic carbocycles. The van der Waals surface area contributed by atoms with E-state index in [1.54, 1.807) is 6.20 Å². The van der Waals surface area contributed by atoms with E-state index in [0.29, 0.717) is 42.0 Å². The van der Waals surface area contributed by atoms with Gasteiger partial charge in [0, 0.05) is 24.0 Å². The van der Waals surface area contributed by atoms with Crippen molar-refractivity contribution in [2.24, 2.45) is 5.92 Å². The number of aromatic nitrogens is 2. The predicted molar refractivity (Wildman–Crippen MR) is 117 cm³/mol. The number of hydrogen-bond acceptors (Lipinski definition) is 6. The van der Waals surface area contributed by atoms with Gasteiger partial charge in [-0.2, -0.15) is 0 Å². The number of rotatable bonds is 8. The number of methoxy groups -OCH3 is 1. The molecule has 1 aliphatic heterocycles. The number of esters is 1. The van der Waals surface area contributed by atoms with Crippen LogP contribution in [0.15, 0.2) is 12.3 Å². The number of carbonyl (C=O) groups excluding carboxylic acids is 2. The van der Waals surface area contributed by atoms with Gasteiger partial charge in [0.25, 0.3) is 0 Å². The summed E-state index contributed by atoms with van der Waals surface area (Å²) in [6.07, 6.45) is 4.35. The summed E-state index contributed by atoms with van der Waals surface area (Å²) in [6, 6.07) is 2.14. The van der Waals surface area contributed by atoms with Crippen molar-refractivity contribution in [2.45, 2.75) is 65.6 Å². The van der Waals surface area contributed by atoms with Crippen LogP contribution in [0.1, 0.15) is 57.4 Å². The van der Waals surface area contributed by atoms with E-state index in [2.05, 4.69) is 15.6 Å². The molecular weight excluding hydrogens is 384 g/mol. The van der Waals surface area contributed by atoms with Crippen molar-refractivity contribution in [1.82, 2.24) is 9.55 Å². The highest BCUT2D eigenvalue weighted by Gasteiger charge is 2.29. The molecule has 8 nitrogen and oxygen atoms in total. The molecule has 164 valence electrons. The van der Waals surface area contributed by atoms with E-state index in [0.717, 1.165) is 18.5 Å². The van der Waals surface area contributed by atoms with Gasteiger partial charge in [0.05, 0.1) is 37.3 Å². The van der Waals surface area contributed by atoms with E-state index in [-0.39, 0.29) is 24.0 Å². The number of carbonyl (C=O) groups is 2. The van der Waals surface area contributed by atoms with Crippen molar-refractivity contribution < 1.29 is 19.1 Å². The highest BCUT2D eigenvalue weighted by Crippen LogP contribution is 2.34. The zero-order valence-electron chi connectivity index (χ0n) is 18.4. The molecule has 3 rings (SSSR count). The lowest BCUT2D eigenvalue weighted by Gasteiger charge is -2.15. The summed E-state index contributed by atoms with van der Waals surface area (Å²) in [6.45, 7) is 9.09. The van der Waals surface area contributed by atoms with Gasteiger partial charge in [-0.05, 0) is 39.2 Å². The van der Waals surface area contributed by atoms with Crippen LogP contribution in [0.3, 0.4) is 0 Å². The van der Waals surface area contributed by atoms with E-state index < -0.39 is 5.97 Å². The number of pyridine rings is 1. The van der Waals surface area contributed by atoms with E-state index in [9.17, 15) is 9.59 Å². The minimum absolute atomic E-state index is 0.00242. The number of amides is 1. The van der Waals surface area contributed by atoms with E-state index in [1.165, 1.54) is 7.11 Å². The lowest BCUT2D eigenvalue weighted by Crippen LogP contribution is -2.23. The normalized spacial score (nSPS) is 17.3. The van der Waals surface area contributed by atoms with Gasteiger partial charge in [0.15, 0.2) is 5.69 Å². The van der Waals surface area contributed by atoms with Crippen LogP contribution in [-0.2, 0) is 20.8 Å². The zero-order chi connectivity index (χ0) is 21.8. The highest BCUT2D eigenvalue weighted by molar-refractivity contribution is 6.11. The second-order valence-electron chi connectivity index (χ2n) is 8.15. The van der Waals surface area contributed by atoms with E-state index >= 15 is 0 Å². The molecule has 0 spiro atoms. The van der Waals surface area contributed by atoms with Crippen LogP contribution >= 0.6 is 0 Å². The van der Waals surface area contributed by atoms with Gasteiger partial charge in [0.1, 0.15) is 5.65 Å². The molecule has 0 saturated carbocycles. The number of nitrogens with one attached hydrogen (secondary N) is 2. The molecule has 1 fully saturated rings. The largest absolute Gasteiger partial charge is 0.464 e. The molecule has 2 atom stereocenters. The number of hydrogen-bond donors (Lipinski definition) is 2. The third-order valence-corrected chi connectivity index (χ3v) is 5.45. The molecule has 0 bridgehead atoms. The molecule has 1 amide bonds. The quantitative estimate of drug-likeness (QED) is 0.636. The minimum atomic E-state index is -0.510. The maximum Gasteiger partial charge on any atom is 0.356 e. The number of nitrogens with zero attached hydrogens (tertiary/aromatic N) is 2. The van der Waals surface area contributed by atoms with Crippen molar-refractivity contribution in [2.75, 3.05) is 24.4 Å². The zero-order valence-corrected chi connectivity index (χ0v) is 18.4. The lowest BCUT2D eigenvalue weighted by molar-refractivity contribution is -0.119. The number of fused-ring (bicyclic) bond motifs is 1. The predicted octanol–water partition coefficient (Wildman–Crippen LogP) is 3.81. The first-order valence-corrected chi connectivity index (χ1v) is 10.6. The molecule has 0 unspecified atom stereocenters. The third kappa shape index (κ3) is 4.59.